The Bertz CT molecular complexity index is 791. The van der Waals surface area contributed by atoms with Crippen molar-refractivity contribution in [1.82, 2.24) is 5.32 Å². The zero-order valence-electron chi connectivity index (χ0n) is 15.5. The second-order valence-electron chi connectivity index (χ2n) is 5.86. The number of carboxylic acids is 1. The highest BCUT2D eigenvalue weighted by Crippen LogP contribution is 2.28. The SMILES string of the molecule is COc1ccc(CC(=O)NC(CC(=O)O)c2ccc(SC)cc2)cc1OC. The van der Waals surface area contributed by atoms with E-state index in [1.807, 2.05) is 30.5 Å². The van der Waals surface area contributed by atoms with E-state index in [4.69, 9.17) is 9.47 Å². The second kappa shape index (κ2) is 9.87. The number of methoxy groups -OCH3 is 2. The summed E-state index contributed by atoms with van der Waals surface area (Å²) < 4.78 is 10.4. The van der Waals surface area contributed by atoms with Crippen LogP contribution in [0.2, 0.25) is 0 Å². The Labute approximate surface area is 162 Å². The first kappa shape index (κ1) is 20.6. The largest absolute Gasteiger partial charge is 0.493 e. The fraction of sp³-hybridized carbons (Fsp3) is 0.300. The van der Waals surface area contributed by atoms with Crippen LogP contribution in [0.3, 0.4) is 0 Å². The molecule has 2 aromatic rings. The van der Waals surface area contributed by atoms with E-state index in [-0.39, 0.29) is 18.7 Å². The van der Waals surface area contributed by atoms with Gasteiger partial charge in [0, 0.05) is 4.90 Å². The Kier molecular flexibility index (Phi) is 7.55. The molecule has 0 spiro atoms. The molecule has 0 radical (unpaired) electrons. The fourth-order valence-electron chi connectivity index (χ4n) is 2.68. The maximum Gasteiger partial charge on any atom is 0.305 e. The van der Waals surface area contributed by atoms with E-state index in [1.165, 1.54) is 7.11 Å². The fourth-order valence-corrected chi connectivity index (χ4v) is 3.09. The molecule has 0 fully saturated rings. The summed E-state index contributed by atoms with van der Waals surface area (Å²) in [7, 11) is 3.08. The molecule has 0 bridgehead atoms. The number of thioether (sulfide) groups is 1. The molecule has 0 aliphatic rings. The predicted molar refractivity (Wildman–Crippen MR) is 105 cm³/mol. The van der Waals surface area contributed by atoms with E-state index in [0.717, 1.165) is 16.0 Å². The quantitative estimate of drug-likeness (QED) is 0.640. The molecule has 0 aliphatic heterocycles. The summed E-state index contributed by atoms with van der Waals surface area (Å²) in [5.74, 6) is -0.111. The van der Waals surface area contributed by atoms with Crippen LogP contribution in [0.15, 0.2) is 47.4 Å². The summed E-state index contributed by atoms with van der Waals surface area (Å²) in [6.45, 7) is 0. The minimum atomic E-state index is -0.972. The van der Waals surface area contributed by atoms with Crippen molar-refractivity contribution >= 4 is 23.6 Å². The van der Waals surface area contributed by atoms with Gasteiger partial charge in [-0.2, -0.15) is 0 Å². The van der Waals surface area contributed by atoms with Crippen molar-refractivity contribution in [3.63, 3.8) is 0 Å². The maximum atomic E-state index is 12.5. The molecule has 1 unspecified atom stereocenters. The van der Waals surface area contributed by atoms with E-state index in [2.05, 4.69) is 5.32 Å². The van der Waals surface area contributed by atoms with Crippen LogP contribution >= 0.6 is 11.8 Å². The molecule has 144 valence electrons. The van der Waals surface area contributed by atoms with Gasteiger partial charge in [0.2, 0.25) is 5.91 Å². The highest BCUT2D eigenvalue weighted by Gasteiger charge is 2.19. The van der Waals surface area contributed by atoms with E-state index in [0.29, 0.717) is 11.5 Å². The summed E-state index contributed by atoms with van der Waals surface area (Å²) in [6, 6.07) is 12.2. The number of benzene rings is 2. The molecule has 7 heteroatoms. The van der Waals surface area contributed by atoms with Crippen LogP contribution in [0.5, 0.6) is 11.5 Å². The van der Waals surface area contributed by atoms with Crippen LogP contribution in [-0.4, -0.2) is 37.5 Å². The molecule has 27 heavy (non-hydrogen) atoms. The summed E-state index contributed by atoms with van der Waals surface area (Å²) in [5.41, 5.74) is 1.51. The summed E-state index contributed by atoms with van der Waals surface area (Å²) in [6.07, 6.45) is 1.89. The number of carboxylic acid groups (broad SMARTS) is 1. The van der Waals surface area contributed by atoms with Crippen LogP contribution in [0, 0.1) is 0 Å². The molecule has 0 aliphatic carbocycles. The molecule has 0 saturated carbocycles. The third kappa shape index (κ3) is 5.92. The van der Waals surface area contributed by atoms with Gasteiger partial charge >= 0.3 is 5.97 Å². The zero-order chi connectivity index (χ0) is 19.8. The van der Waals surface area contributed by atoms with E-state index in [9.17, 15) is 14.7 Å². The van der Waals surface area contributed by atoms with Crippen molar-refractivity contribution in [2.45, 2.75) is 23.8 Å². The maximum absolute atomic E-state index is 12.5. The lowest BCUT2D eigenvalue weighted by atomic mass is 10.0. The number of amides is 1. The average molecular weight is 389 g/mol. The third-order valence-corrected chi connectivity index (χ3v) is 4.79. The number of carbonyl (C=O) groups is 2. The van der Waals surface area contributed by atoms with Gasteiger partial charge in [0.25, 0.3) is 0 Å². The van der Waals surface area contributed by atoms with Gasteiger partial charge in [-0.25, -0.2) is 0 Å². The van der Waals surface area contributed by atoms with Crippen LogP contribution in [0.4, 0.5) is 0 Å². The topological polar surface area (TPSA) is 84.9 Å². The molecule has 0 heterocycles. The van der Waals surface area contributed by atoms with Gasteiger partial charge in [-0.3, -0.25) is 9.59 Å². The van der Waals surface area contributed by atoms with Gasteiger partial charge in [-0.1, -0.05) is 18.2 Å². The minimum Gasteiger partial charge on any atom is -0.493 e. The van der Waals surface area contributed by atoms with Crippen LogP contribution in [-0.2, 0) is 16.0 Å². The Morgan fingerprint density at radius 3 is 2.30 bits per heavy atom. The van der Waals surface area contributed by atoms with Gasteiger partial charge in [0.15, 0.2) is 11.5 Å². The molecule has 2 rings (SSSR count). The van der Waals surface area contributed by atoms with Crippen LogP contribution < -0.4 is 14.8 Å². The minimum absolute atomic E-state index is 0.110. The molecular weight excluding hydrogens is 366 g/mol. The molecule has 2 N–H and O–H groups in total. The molecule has 1 amide bonds. The van der Waals surface area contributed by atoms with Crippen molar-refractivity contribution in [3.8, 4) is 11.5 Å². The zero-order valence-corrected chi connectivity index (χ0v) is 16.3. The number of nitrogens with one attached hydrogen (secondary N) is 1. The molecule has 0 aromatic heterocycles. The highest BCUT2D eigenvalue weighted by molar-refractivity contribution is 7.98. The van der Waals surface area contributed by atoms with Gasteiger partial charge in [0.1, 0.15) is 0 Å². The third-order valence-electron chi connectivity index (χ3n) is 4.04. The number of ether oxygens (including phenoxy) is 2. The van der Waals surface area contributed by atoms with E-state index >= 15 is 0 Å². The predicted octanol–water partition coefficient (Wildman–Crippen LogP) is 3.30. The van der Waals surface area contributed by atoms with Gasteiger partial charge < -0.3 is 19.9 Å². The number of hydrogen-bond donors (Lipinski definition) is 2. The lowest BCUT2D eigenvalue weighted by molar-refractivity contribution is -0.137. The normalized spacial score (nSPS) is 11.5. The summed E-state index contributed by atoms with van der Waals surface area (Å²) in [4.78, 5) is 24.8. The Balaban J connectivity index is 2.12. The van der Waals surface area contributed by atoms with Crippen molar-refractivity contribution in [3.05, 3.63) is 53.6 Å². The lowest BCUT2D eigenvalue weighted by Gasteiger charge is -2.18. The Hall–Kier alpha value is -2.67. The average Bonchev–Trinajstić information content (AvgIpc) is 2.67. The molecule has 2 aromatic carbocycles. The van der Waals surface area contributed by atoms with Crippen LogP contribution in [0.1, 0.15) is 23.6 Å². The van der Waals surface area contributed by atoms with E-state index in [1.54, 1.807) is 37.1 Å². The first-order chi connectivity index (χ1) is 13.0. The van der Waals surface area contributed by atoms with E-state index < -0.39 is 12.0 Å². The second-order valence-corrected chi connectivity index (χ2v) is 6.74. The lowest BCUT2D eigenvalue weighted by Crippen LogP contribution is -2.31. The van der Waals surface area contributed by atoms with Gasteiger partial charge in [-0.05, 0) is 41.6 Å². The Morgan fingerprint density at radius 1 is 1.07 bits per heavy atom. The molecule has 1 atom stereocenters. The number of aliphatic carboxylic acids is 1. The first-order valence-corrected chi connectivity index (χ1v) is 9.55. The highest BCUT2D eigenvalue weighted by atomic mass is 32.2. The number of hydrogen-bond acceptors (Lipinski definition) is 5. The number of carbonyl (C=O) groups excluding carboxylic acids is 1. The van der Waals surface area contributed by atoms with Crippen LogP contribution in [0.25, 0.3) is 0 Å². The smallest absolute Gasteiger partial charge is 0.305 e. The van der Waals surface area contributed by atoms with Gasteiger partial charge in [0.05, 0.1) is 33.1 Å². The first-order valence-electron chi connectivity index (χ1n) is 8.32. The standard InChI is InChI=1S/C20H23NO5S/c1-25-17-9-4-13(10-18(17)26-2)11-19(22)21-16(12-20(23)24)14-5-7-15(27-3)8-6-14/h4-10,16H,11-12H2,1-3H3,(H,21,22)(H,23,24). The summed E-state index contributed by atoms with van der Waals surface area (Å²) >= 11 is 1.60. The number of rotatable bonds is 9. The van der Waals surface area contributed by atoms with Crippen molar-refractivity contribution in [1.29, 1.82) is 0 Å². The van der Waals surface area contributed by atoms with Gasteiger partial charge in [-0.15, -0.1) is 11.8 Å². The van der Waals surface area contributed by atoms with Crippen molar-refractivity contribution in [2.75, 3.05) is 20.5 Å². The molecule has 6 nitrogen and oxygen atoms in total. The summed E-state index contributed by atoms with van der Waals surface area (Å²) in [5, 5.41) is 12.0. The van der Waals surface area contributed by atoms with Crippen molar-refractivity contribution < 1.29 is 24.2 Å². The Morgan fingerprint density at radius 2 is 1.74 bits per heavy atom. The van der Waals surface area contributed by atoms with Crippen molar-refractivity contribution in [2.24, 2.45) is 0 Å². The molecular formula is C20H23NO5S. The molecule has 0 saturated heterocycles. The monoisotopic (exact) mass is 389 g/mol.